The van der Waals surface area contributed by atoms with Crippen LogP contribution < -0.4 is 5.32 Å². The molecule has 1 aromatic heterocycles. The van der Waals surface area contributed by atoms with Crippen molar-refractivity contribution in [3.8, 4) is 0 Å². The number of nitrogens with zero attached hydrogens (tertiary/aromatic N) is 3. The van der Waals surface area contributed by atoms with Crippen LogP contribution in [0.2, 0.25) is 0 Å². The lowest BCUT2D eigenvalue weighted by Gasteiger charge is -2.57. The summed E-state index contributed by atoms with van der Waals surface area (Å²) in [6, 6.07) is 0.546. The van der Waals surface area contributed by atoms with Crippen molar-refractivity contribution in [1.29, 1.82) is 0 Å². The van der Waals surface area contributed by atoms with Gasteiger partial charge in [0.1, 0.15) is 12.2 Å². The predicted octanol–water partition coefficient (Wildman–Crippen LogP) is 2.55. The number of likely N-dealkylation sites (N-methyl/N-ethyl adjacent to an activating group) is 1. The summed E-state index contributed by atoms with van der Waals surface area (Å²) in [6.07, 6.45) is 13.1. The molecule has 0 aliphatic heterocycles. The molecule has 4 saturated carbocycles. The minimum Gasteiger partial charge on any atom is -0.317 e. The fraction of sp³-hybridized carbons (Fsp3) is 0.882. The van der Waals surface area contributed by atoms with Crippen LogP contribution >= 0.6 is 0 Å². The molecule has 4 nitrogen and oxygen atoms in total. The van der Waals surface area contributed by atoms with Gasteiger partial charge in [-0.25, -0.2) is 4.98 Å². The smallest absolute Gasteiger partial charge is 0.138 e. The Morgan fingerprint density at radius 2 is 1.86 bits per heavy atom. The molecule has 4 heteroatoms. The van der Waals surface area contributed by atoms with Crippen LogP contribution in [0.1, 0.15) is 50.8 Å². The summed E-state index contributed by atoms with van der Waals surface area (Å²) < 4.78 is 1.92. The number of hydrogen-bond donors (Lipinski definition) is 1. The maximum atomic E-state index is 4.41. The largest absolute Gasteiger partial charge is 0.317 e. The molecule has 0 aromatic carbocycles. The molecule has 0 radical (unpaired) electrons. The summed E-state index contributed by atoms with van der Waals surface area (Å²) in [7, 11) is 4.11. The Morgan fingerprint density at radius 1 is 1.24 bits per heavy atom. The molecule has 21 heavy (non-hydrogen) atoms. The highest BCUT2D eigenvalue weighted by Gasteiger charge is 2.51. The van der Waals surface area contributed by atoms with Crippen LogP contribution in [-0.2, 0) is 13.5 Å². The highest BCUT2D eigenvalue weighted by Crippen LogP contribution is 2.61. The van der Waals surface area contributed by atoms with E-state index in [2.05, 4.69) is 22.4 Å². The lowest BCUT2D eigenvalue weighted by Crippen LogP contribution is -2.49. The molecule has 1 atom stereocenters. The second-order valence-corrected chi connectivity index (χ2v) is 8.11. The first-order valence-corrected chi connectivity index (χ1v) is 8.66. The third-order valence-corrected chi connectivity index (χ3v) is 6.49. The summed E-state index contributed by atoms with van der Waals surface area (Å²) in [6.45, 7) is 0. The van der Waals surface area contributed by atoms with Crippen molar-refractivity contribution < 1.29 is 0 Å². The predicted molar refractivity (Wildman–Crippen MR) is 82.8 cm³/mol. The van der Waals surface area contributed by atoms with Gasteiger partial charge in [-0.15, -0.1) is 0 Å². The zero-order chi connectivity index (χ0) is 14.4. The summed E-state index contributed by atoms with van der Waals surface area (Å²) in [4.78, 5) is 4.41. The fourth-order valence-corrected chi connectivity index (χ4v) is 6.06. The Morgan fingerprint density at radius 3 is 2.33 bits per heavy atom. The zero-order valence-electron chi connectivity index (χ0n) is 13.4. The molecule has 4 aliphatic carbocycles. The van der Waals surface area contributed by atoms with Gasteiger partial charge >= 0.3 is 0 Å². The normalized spacial score (nSPS) is 38.9. The van der Waals surface area contributed by atoms with Gasteiger partial charge in [0.05, 0.1) is 0 Å². The second-order valence-electron chi connectivity index (χ2n) is 8.11. The molecule has 1 unspecified atom stereocenters. The molecule has 4 aliphatic rings. The molecule has 4 bridgehead atoms. The Hall–Kier alpha value is -0.900. The van der Waals surface area contributed by atoms with E-state index < -0.39 is 0 Å². The summed E-state index contributed by atoms with van der Waals surface area (Å²) in [5.41, 5.74) is 0.640. The van der Waals surface area contributed by atoms with E-state index in [0.29, 0.717) is 11.5 Å². The first kappa shape index (κ1) is 13.7. The van der Waals surface area contributed by atoms with Gasteiger partial charge in [0.15, 0.2) is 0 Å². The van der Waals surface area contributed by atoms with Crippen LogP contribution in [0.4, 0.5) is 0 Å². The number of aryl methyl sites for hydroxylation is 1. The summed E-state index contributed by atoms with van der Waals surface area (Å²) in [5, 5.41) is 7.77. The molecular weight excluding hydrogens is 260 g/mol. The maximum absolute atomic E-state index is 4.41. The molecule has 0 amide bonds. The van der Waals surface area contributed by atoms with Gasteiger partial charge in [0.2, 0.25) is 0 Å². The molecule has 1 N–H and O–H groups in total. The van der Waals surface area contributed by atoms with Crippen molar-refractivity contribution in [3.05, 3.63) is 12.2 Å². The minimum absolute atomic E-state index is 0.546. The topological polar surface area (TPSA) is 42.7 Å². The van der Waals surface area contributed by atoms with Crippen LogP contribution in [0.3, 0.4) is 0 Å². The van der Waals surface area contributed by atoms with Gasteiger partial charge in [-0.3, -0.25) is 4.68 Å². The van der Waals surface area contributed by atoms with E-state index in [1.165, 1.54) is 44.9 Å². The maximum Gasteiger partial charge on any atom is 0.138 e. The molecule has 5 rings (SSSR count). The van der Waals surface area contributed by atoms with Gasteiger partial charge in [-0.05, 0) is 75.2 Å². The van der Waals surface area contributed by atoms with E-state index in [-0.39, 0.29) is 0 Å². The molecule has 4 fully saturated rings. The number of rotatable bonds is 5. The number of nitrogens with one attached hydrogen (secondary N) is 1. The molecule has 116 valence electrons. The zero-order valence-corrected chi connectivity index (χ0v) is 13.4. The standard InChI is InChI=1S/C17H28N4/c1-18-15(6-16-19-11-20-21(16)2)10-17-7-12-3-13(8-17)5-14(4-12)9-17/h11-15,18H,3-10H2,1-2H3. The second kappa shape index (κ2) is 5.08. The average Bonchev–Trinajstić information content (AvgIpc) is 2.81. The van der Waals surface area contributed by atoms with E-state index in [1.54, 1.807) is 6.33 Å². The van der Waals surface area contributed by atoms with Crippen LogP contribution in [0.25, 0.3) is 0 Å². The van der Waals surface area contributed by atoms with E-state index in [0.717, 1.165) is 30.0 Å². The Balaban J connectivity index is 1.47. The van der Waals surface area contributed by atoms with Gasteiger partial charge < -0.3 is 5.32 Å². The highest BCUT2D eigenvalue weighted by atomic mass is 15.3. The minimum atomic E-state index is 0.546. The quantitative estimate of drug-likeness (QED) is 0.905. The number of hydrogen-bond acceptors (Lipinski definition) is 3. The first-order valence-electron chi connectivity index (χ1n) is 8.66. The van der Waals surface area contributed by atoms with Crippen LogP contribution in [0, 0.1) is 23.2 Å². The van der Waals surface area contributed by atoms with E-state index in [1.807, 2.05) is 11.7 Å². The van der Waals surface area contributed by atoms with E-state index in [9.17, 15) is 0 Å². The number of aromatic nitrogens is 3. The van der Waals surface area contributed by atoms with Gasteiger partial charge in [0.25, 0.3) is 0 Å². The Kier molecular flexibility index (Phi) is 3.32. The van der Waals surface area contributed by atoms with Crippen LogP contribution in [-0.4, -0.2) is 27.9 Å². The lowest BCUT2D eigenvalue weighted by molar-refractivity contribution is -0.0617. The molecule has 0 spiro atoms. The van der Waals surface area contributed by atoms with Crippen molar-refractivity contribution in [2.45, 2.75) is 57.4 Å². The fourth-order valence-electron chi connectivity index (χ4n) is 6.06. The Bertz CT molecular complexity index is 471. The van der Waals surface area contributed by atoms with Crippen molar-refractivity contribution in [2.24, 2.45) is 30.2 Å². The third kappa shape index (κ3) is 2.52. The van der Waals surface area contributed by atoms with Gasteiger partial charge in [-0.1, -0.05) is 0 Å². The van der Waals surface area contributed by atoms with Crippen molar-refractivity contribution in [3.63, 3.8) is 0 Å². The van der Waals surface area contributed by atoms with Crippen LogP contribution in [0.5, 0.6) is 0 Å². The highest BCUT2D eigenvalue weighted by molar-refractivity contribution is 5.03. The SMILES string of the molecule is CNC(Cc1ncnn1C)CC12CC3CC(CC(C3)C1)C2. The van der Waals surface area contributed by atoms with Crippen molar-refractivity contribution >= 4 is 0 Å². The monoisotopic (exact) mass is 288 g/mol. The summed E-state index contributed by atoms with van der Waals surface area (Å²) in [5.74, 6) is 4.25. The van der Waals surface area contributed by atoms with Crippen molar-refractivity contribution in [1.82, 2.24) is 20.1 Å². The van der Waals surface area contributed by atoms with Crippen molar-refractivity contribution in [2.75, 3.05) is 7.05 Å². The Labute approximate surface area is 127 Å². The van der Waals surface area contributed by atoms with E-state index in [4.69, 9.17) is 0 Å². The van der Waals surface area contributed by atoms with Gasteiger partial charge in [0, 0.05) is 19.5 Å². The van der Waals surface area contributed by atoms with E-state index >= 15 is 0 Å². The molecular formula is C17H28N4. The summed E-state index contributed by atoms with van der Waals surface area (Å²) >= 11 is 0. The molecule has 1 aromatic rings. The average molecular weight is 288 g/mol. The van der Waals surface area contributed by atoms with Gasteiger partial charge in [-0.2, -0.15) is 5.10 Å². The molecule has 1 heterocycles. The first-order chi connectivity index (χ1) is 10.2. The lowest BCUT2D eigenvalue weighted by atomic mass is 9.48. The molecule has 0 saturated heterocycles. The third-order valence-electron chi connectivity index (χ3n) is 6.49. The van der Waals surface area contributed by atoms with Crippen LogP contribution in [0.15, 0.2) is 6.33 Å².